The minimum atomic E-state index is -0.275. The second kappa shape index (κ2) is 11.1. The third kappa shape index (κ3) is 9.84. The molecule has 0 bridgehead atoms. The van der Waals surface area contributed by atoms with Crippen molar-refractivity contribution in [2.45, 2.75) is 33.6 Å². The van der Waals surface area contributed by atoms with Crippen LogP contribution >= 0.6 is 0 Å². The van der Waals surface area contributed by atoms with E-state index in [4.69, 9.17) is 5.11 Å². The Bertz CT molecular complexity index is 345. The number of aliphatic hydroxyl groups is 1. The fourth-order valence-electron chi connectivity index (χ4n) is 1.51. The van der Waals surface area contributed by atoms with E-state index in [1.54, 1.807) is 20.8 Å². The van der Waals surface area contributed by atoms with Gasteiger partial charge in [-0.25, -0.2) is 0 Å². The summed E-state index contributed by atoms with van der Waals surface area (Å²) >= 11 is 0. The molecule has 7 nitrogen and oxygen atoms in total. The van der Waals surface area contributed by atoms with Crippen LogP contribution in [0, 0.1) is 11.8 Å². The fourth-order valence-corrected chi connectivity index (χ4v) is 1.51. The molecule has 0 aromatic carbocycles. The number of aliphatic hydroxyl groups excluding tert-OH is 1. The summed E-state index contributed by atoms with van der Waals surface area (Å²) in [4.78, 5) is 34.4. The van der Waals surface area contributed by atoms with Crippen LogP contribution in [0.2, 0.25) is 0 Å². The predicted molar refractivity (Wildman–Crippen MR) is 79.4 cm³/mol. The van der Waals surface area contributed by atoms with Crippen molar-refractivity contribution in [2.75, 3.05) is 26.2 Å². The van der Waals surface area contributed by atoms with E-state index in [2.05, 4.69) is 16.0 Å². The lowest BCUT2D eigenvalue weighted by atomic mass is 10.0. The van der Waals surface area contributed by atoms with Crippen LogP contribution in [0.4, 0.5) is 0 Å². The van der Waals surface area contributed by atoms with Crippen LogP contribution < -0.4 is 16.0 Å². The van der Waals surface area contributed by atoms with Crippen LogP contribution in [0.3, 0.4) is 0 Å². The van der Waals surface area contributed by atoms with Crippen LogP contribution in [-0.4, -0.2) is 49.1 Å². The van der Waals surface area contributed by atoms with Gasteiger partial charge in [0.25, 0.3) is 0 Å². The standard InChI is InChI=1S/C14H27N3O4/c1-10(2)13(20)16-7-6-15-12(19)5-4-11(3)14(21)17-8-9-18/h10-11,18H,4-9H2,1-3H3,(H,15,19)(H,16,20)(H,17,21). The van der Waals surface area contributed by atoms with Crippen molar-refractivity contribution in [3.05, 3.63) is 0 Å². The molecule has 0 aliphatic carbocycles. The Morgan fingerprint density at radius 1 is 0.905 bits per heavy atom. The molecule has 0 aliphatic heterocycles. The van der Waals surface area contributed by atoms with Gasteiger partial charge in [-0.1, -0.05) is 20.8 Å². The number of rotatable bonds is 10. The average Bonchev–Trinajstić information content (AvgIpc) is 2.46. The molecule has 0 aromatic heterocycles. The van der Waals surface area contributed by atoms with Gasteiger partial charge < -0.3 is 21.1 Å². The van der Waals surface area contributed by atoms with Gasteiger partial charge in [0.05, 0.1) is 6.61 Å². The highest BCUT2D eigenvalue weighted by Gasteiger charge is 2.14. The molecule has 0 radical (unpaired) electrons. The zero-order valence-electron chi connectivity index (χ0n) is 13.1. The molecule has 3 amide bonds. The molecule has 0 fully saturated rings. The molecule has 0 aromatic rings. The number of hydrogen-bond acceptors (Lipinski definition) is 4. The SMILES string of the molecule is CC(C)C(=O)NCCNC(=O)CCC(C)C(=O)NCCO. The number of hydrogen-bond donors (Lipinski definition) is 4. The lowest BCUT2D eigenvalue weighted by Crippen LogP contribution is -2.37. The molecule has 7 heteroatoms. The molecule has 0 spiro atoms. The molecule has 21 heavy (non-hydrogen) atoms. The molecule has 0 aliphatic rings. The van der Waals surface area contributed by atoms with Crippen LogP contribution in [0.25, 0.3) is 0 Å². The first-order valence-corrected chi connectivity index (χ1v) is 7.31. The normalized spacial score (nSPS) is 11.9. The summed E-state index contributed by atoms with van der Waals surface area (Å²) in [5, 5.41) is 16.6. The molecule has 0 heterocycles. The molecule has 1 unspecified atom stereocenters. The first-order valence-electron chi connectivity index (χ1n) is 7.31. The largest absolute Gasteiger partial charge is 0.395 e. The van der Waals surface area contributed by atoms with Gasteiger partial charge >= 0.3 is 0 Å². The maximum absolute atomic E-state index is 11.6. The van der Waals surface area contributed by atoms with Gasteiger partial charge in [-0.2, -0.15) is 0 Å². The molecular weight excluding hydrogens is 274 g/mol. The van der Waals surface area contributed by atoms with E-state index in [-0.39, 0.29) is 49.1 Å². The topological polar surface area (TPSA) is 108 Å². The average molecular weight is 301 g/mol. The van der Waals surface area contributed by atoms with Crippen LogP contribution in [0.1, 0.15) is 33.6 Å². The summed E-state index contributed by atoms with van der Waals surface area (Å²) in [6, 6.07) is 0. The first-order chi connectivity index (χ1) is 9.88. The fraction of sp³-hybridized carbons (Fsp3) is 0.786. The highest BCUT2D eigenvalue weighted by atomic mass is 16.3. The Labute approximate surface area is 125 Å². The highest BCUT2D eigenvalue weighted by Crippen LogP contribution is 2.05. The van der Waals surface area contributed by atoms with Crippen molar-refractivity contribution in [1.82, 2.24) is 16.0 Å². The molecule has 122 valence electrons. The number of carbonyl (C=O) groups excluding carboxylic acids is 3. The smallest absolute Gasteiger partial charge is 0.222 e. The summed E-state index contributed by atoms with van der Waals surface area (Å²) in [5.74, 6) is -0.697. The molecular formula is C14H27N3O4. The number of amides is 3. The molecule has 4 N–H and O–H groups in total. The lowest BCUT2D eigenvalue weighted by molar-refractivity contribution is -0.126. The molecule has 0 saturated carbocycles. The Hall–Kier alpha value is -1.63. The van der Waals surface area contributed by atoms with Gasteiger partial charge in [0.15, 0.2) is 0 Å². The Morgan fingerprint density at radius 2 is 1.48 bits per heavy atom. The number of nitrogens with one attached hydrogen (secondary N) is 3. The second-order valence-electron chi connectivity index (χ2n) is 5.25. The van der Waals surface area contributed by atoms with E-state index in [1.165, 1.54) is 0 Å². The van der Waals surface area contributed by atoms with Crippen molar-refractivity contribution in [3.8, 4) is 0 Å². The van der Waals surface area contributed by atoms with Gasteiger partial charge in [0, 0.05) is 37.9 Å². The molecule has 1 atom stereocenters. The van der Waals surface area contributed by atoms with Crippen molar-refractivity contribution in [1.29, 1.82) is 0 Å². The number of carbonyl (C=O) groups is 3. The Morgan fingerprint density at radius 3 is 2.05 bits per heavy atom. The summed E-state index contributed by atoms with van der Waals surface area (Å²) in [5.41, 5.74) is 0. The van der Waals surface area contributed by atoms with E-state index < -0.39 is 0 Å². The third-order valence-corrected chi connectivity index (χ3v) is 2.93. The quantitative estimate of drug-likeness (QED) is 0.404. The lowest BCUT2D eigenvalue weighted by Gasteiger charge is -2.12. The monoisotopic (exact) mass is 301 g/mol. The molecule has 0 rings (SSSR count). The van der Waals surface area contributed by atoms with Crippen molar-refractivity contribution >= 4 is 17.7 Å². The van der Waals surface area contributed by atoms with Gasteiger partial charge in [-0.15, -0.1) is 0 Å². The van der Waals surface area contributed by atoms with Crippen molar-refractivity contribution in [2.24, 2.45) is 11.8 Å². The van der Waals surface area contributed by atoms with Crippen LogP contribution in [0.5, 0.6) is 0 Å². The zero-order valence-corrected chi connectivity index (χ0v) is 13.1. The second-order valence-corrected chi connectivity index (χ2v) is 5.25. The van der Waals surface area contributed by atoms with E-state index in [9.17, 15) is 14.4 Å². The summed E-state index contributed by atoms with van der Waals surface area (Å²) in [7, 11) is 0. The summed E-state index contributed by atoms with van der Waals surface area (Å²) < 4.78 is 0. The van der Waals surface area contributed by atoms with E-state index in [1.807, 2.05) is 0 Å². The summed E-state index contributed by atoms with van der Waals surface area (Å²) in [6.07, 6.45) is 0.702. The van der Waals surface area contributed by atoms with Crippen LogP contribution in [-0.2, 0) is 14.4 Å². The summed E-state index contributed by atoms with van der Waals surface area (Å²) in [6.45, 7) is 6.25. The predicted octanol–water partition coefficient (Wildman–Crippen LogP) is -0.600. The van der Waals surface area contributed by atoms with Crippen molar-refractivity contribution in [3.63, 3.8) is 0 Å². The van der Waals surface area contributed by atoms with Gasteiger partial charge in [0.2, 0.25) is 17.7 Å². The Kier molecular flexibility index (Phi) is 10.2. The minimum Gasteiger partial charge on any atom is -0.395 e. The van der Waals surface area contributed by atoms with Gasteiger partial charge in [-0.3, -0.25) is 14.4 Å². The van der Waals surface area contributed by atoms with E-state index >= 15 is 0 Å². The first kappa shape index (κ1) is 19.4. The van der Waals surface area contributed by atoms with Crippen molar-refractivity contribution < 1.29 is 19.5 Å². The van der Waals surface area contributed by atoms with Gasteiger partial charge in [0.1, 0.15) is 0 Å². The van der Waals surface area contributed by atoms with Crippen LogP contribution in [0.15, 0.2) is 0 Å². The minimum absolute atomic E-state index is 0.0431. The Balaban J connectivity index is 3.71. The third-order valence-electron chi connectivity index (χ3n) is 2.93. The van der Waals surface area contributed by atoms with Gasteiger partial charge in [-0.05, 0) is 6.42 Å². The zero-order chi connectivity index (χ0) is 16.3. The highest BCUT2D eigenvalue weighted by molar-refractivity contribution is 5.80. The maximum Gasteiger partial charge on any atom is 0.222 e. The molecule has 0 saturated heterocycles. The van der Waals surface area contributed by atoms with E-state index in [0.29, 0.717) is 19.5 Å². The van der Waals surface area contributed by atoms with E-state index in [0.717, 1.165) is 0 Å². The maximum atomic E-state index is 11.6.